The molecule has 0 radical (unpaired) electrons. The van der Waals surface area contributed by atoms with E-state index >= 15 is 0 Å². The predicted octanol–water partition coefficient (Wildman–Crippen LogP) is 0.567. The molecular weight excluding hydrogens is 382 g/mol. The fourth-order valence-electron chi connectivity index (χ4n) is 5.29. The molecule has 3 fully saturated rings. The van der Waals surface area contributed by atoms with E-state index in [0.717, 1.165) is 19.4 Å². The van der Waals surface area contributed by atoms with E-state index in [2.05, 4.69) is 9.88 Å². The Morgan fingerprint density at radius 1 is 1.17 bits per heavy atom. The Hall–Kier alpha value is -2.74. The summed E-state index contributed by atoms with van der Waals surface area (Å²) in [6, 6.07) is 5.31. The van der Waals surface area contributed by atoms with Crippen molar-refractivity contribution in [2.75, 3.05) is 46.8 Å². The molecule has 2 aromatic heterocycles. The number of likely N-dealkylation sites (tertiary alicyclic amines) is 2. The molecular formula is C22H27N5O3. The van der Waals surface area contributed by atoms with Crippen LogP contribution in [0.4, 0.5) is 0 Å². The first kappa shape index (κ1) is 19.2. The van der Waals surface area contributed by atoms with Crippen molar-refractivity contribution >= 4 is 17.5 Å². The number of rotatable bonds is 4. The molecule has 1 saturated carbocycles. The van der Waals surface area contributed by atoms with Gasteiger partial charge in [0.05, 0.1) is 0 Å². The van der Waals surface area contributed by atoms with Crippen molar-refractivity contribution in [3.05, 3.63) is 46.5 Å². The lowest BCUT2D eigenvalue weighted by molar-refractivity contribution is -0.132. The van der Waals surface area contributed by atoms with Crippen LogP contribution >= 0.6 is 0 Å². The van der Waals surface area contributed by atoms with Gasteiger partial charge in [-0.25, -0.2) is 4.98 Å². The Morgan fingerprint density at radius 3 is 2.63 bits per heavy atom. The Kier molecular flexibility index (Phi) is 4.43. The first-order valence-corrected chi connectivity index (χ1v) is 10.6. The summed E-state index contributed by atoms with van der Waals surface area (Å²) in [6.45, 7) is 3.31. The molecule has 2 amide bonds. The first-order valence-electron chi connectivity index (χ1n) is 10.6. The predicted molar refractivity (Wildman–Crippen MR) is 111 cm³/mol. The molecule has 1 aliphatic carbocycles. The summed E-state index contributed by atoms with van der Waals surface area (Å²) >= 11 is 0. The van der Waals surface area contributed by atoms with Crippen molar-refractivity contribution in [2.45, 2.75) is 12.8 Å². The molecule has 5 rings (SSSR count). The molecule has 4 heterocycles. The third-order valence-electron chi connectivity index (χ3n) is 6.76. The second-order valence-electron chi connectivity index (χ2n) is 9.38. The van der Waals surface area contributed by atoms with Crippen LogP contribution in [0.25, 0.3) is 5.65 Å². The van der Waals surface area contributed by atoms with Crippen molar-refractivity contribution < 1.29 is 9.59 Å². The van der Waals surface area contributed by atoms with E-state index in [-0.39, 0.29) is 40.2 Å². The zero-order chi connectivity index (χ0) is 21.0. The molecule has 8 nitrogen and oxygen atoms in total. The molecule has 0 aromatic carbocycles. The van der Waals surface area contributed by atoms with E-state index < -0.39 is 0 Å². The minimum Gasteiger partial charge on any atom is -0.341 e. The summed E-state index contributed by atoms with van der Waals surface area (Å²) in [4.78, 5) is 49.0. The highest BCUT2D eigenvalue weighted by atomic mass is 16.2. The quantitative estimate of drug-likeness (QED) is 0.738. The van der Waals surface area contributed by atoms with Crippen LogP contribution in [0, 0.1) is 17.3 Å². The van der Waals surface area contributed by atoms with Gasteiger partial charge in [-0.1, -0.05) is 6.07 Å². The van der Waals surface area contributed by atoms with Crippen LogP contribution in [0.15, 0.2) is 35.4 Å². The van der Waals surface area contributed by atoms with E-state index in [1.54, 1.807) is 23.2 Å². The fraction of sp³-hybridized carbons (Fsp3) is 0.545. The molecule has 2 atom stereocenters. The van der Waals surface area contributed by atoms with Crippen molar-refractivity contribution in [2.24, 2.45) is 17.3 Å². The van der Waals surface area contributed by atoms with Gasteiger partial charge in [0.15, 0.2) is 0 Å². The number of amides is 2. The zero-order valence-electron chi connectivity index (χ0n) is 17.5. The molecule has 3 aliphatic rings. The minimum atomic E-state index is -0.338. The number of aromatic nitrogens is 2. The van der Waals surface area contributed by atoms with Crippen molar-refractivity contribution in [3.63, 3.8) is 0 Å². The van der Waals surface area contributed by atoms with Crippen LogP contribution in [0.2, 0.25) is 0 Å². The smallest absolute Gasteiger partial charge is 0.270 e. The number of pyridine rings is 1. The molecule has 8 heteroatoms. The summed E-state index contributed by atoms with van der Waals surface area (Å²) < 4.78 is 1.41. The third kappa shape index (κ3) is 3.10. The van der Waals surface area contributed by atoms with Crippen LogP contribution in [0.1, 0.15) is 23.2 Å². The summed E-state index contributed by atoms with van der Waals surface area (Å²) in [5.74, 6) is 0.445. The largest absolute Gasteiger partial charge is 0.341 e. The minimum absolute atomic E-state index is 0.101. The molecule has 30 heavy (non-hydrogen) atoms. The highest BCUT2D eigenvalue weighted by Gasteiger charge is 2.55. The van der Waals surface area contributed by atoms with Gasteiger partial charge in [-0.2, -0.15) is 0 Å². The second-order valence-corrected chi connectivity index (χ2v) is 9.38. The van der Waals surface area contributed by atoms with Gasteiger partial charge in [0.1, 0.15) is 11.2 Å². The highest BCUT2D eigenvalue weighted by Crippen LogP contribution is 2.45. The van der Waals surface area contributed by atoms with Crippen molar-refractivity contribution in [3.8, 4) is 0 Å². The maximum Gasteiger partial charge on any atom is 0.270 e. The van der Waals surface area contributed by atoms with Gasteiger partial charge in [-0.05, 0) is 39.1 Å². The van der Waals surface area contributed by atoms with E-state index in [4.69, 9.17) is 0 Å². The third-order valence-corrected chi connectivity index (χ3v) is 6.76. The monoisotopic (exact) mass is 409 g/mol. The Bertz CT molecular complexity index is 1080. The lowest BCUT2D eigenvalue weighted by atomic mass is 9.80. The standard InChI is InChI=1S/C22H27N5O3/c1-24(2)12-22-13-25(19(28)15-6-7-15)10-16(22)11-26(14-22)20(29)17-9-23-18-5-3-4-8-27(18)21(17)30/h3-5,8-9,15-16H,6-7,10-14H2,1-2H3/t16-,22+/m1/s1. The van der Waals surface area contributed by atoms with Gasteiger partial charge in [0.25, 0.3) is 11.5 Å². The van der Waals surface area contributed by atoms with Gasteiger partial charge in [0, 0.05) is 62.4 Å². The second kappa shape index (κ2) is 6.91. The number of nitrogens with zero attached hydrogens (tertiary/aromatic N) is 5. The first-order chi connectivity index (χ1) is 14.4. The molecule has 158 valence electrons. The number of carbonyl (C=O) groups is 2. The van der Waals surface area contributed by atoms with Gasteiger partial charge in [-0.15, -0.1) is 0 Å². The molecule has 0 spiro atoms. The number of hydrogen-bond donors (Lipinski definition) is 0. The van der Waals surface area contributed by atoms with E-state index in [9.17, 15) is 14.4 Å². The van der Waals surface area contributed by atoms with Crippen molar-refractivity contribution in [1.82, 2.24) is 24.1 Å². The van der Waals surface area contributed by atoms with Crippen LogP contribution in [-0.4, -0.2) is 82.7 Å². The average Bonchev–Trinajstić information content (AvgIpc) is 3.42. The molecule has 2 aromatic rings. The van der Waals surface area contributed by atoms with Crippen LogP contribution in [-0.2, 0) is 4.79 Å². The van der Waals surface area contributed by atoms with E-state index in [0.29, 0.717) is 31.8 Å². The Morgan fingerprint density at radius 2 is 1.90 bits per heavy atom. The van der Waals surface area contributed by atoms with Gasteiger partial charge >= 0.3 is 0 Å². The summed E-state index contributed by atoms with van der Waals surface area (Å²) in [5, 5.41) is 0. The van der Waals surface area contributed by atoms with Crippen molar-refractivity contribution in [1.29, 1.82) is 0 Å². The molecule has 0 N–H and O–H groups in total. The highest BCUT2D eigenvalue weighted by molar-refractivity contribution is 5.94. The van der Waals surface area contributed by atoms with Gasteiger partial charge in [-0.3, -0.25) is 18.8 Å². The maximum atomic E-state index is 13.3. The van der Waals surface area contributed by atoms with Crippen LogP contribution in [0.5, 0.6) is 0 Å². The summed E-state index contributed by atoms with van der Waals surface area (Å²) in [6.07, 6.45) is 5.04. The summed E-state index contributed by atoms with van der Waals surface area (Å²) in [5.41, 5.74) is 0.138. The van der Waals surface area contributed by atoms with Crippen LogP contribution < -0.4 is 5.56 Å². The van der Waals surface area contributed by atoms with E-state index in [1.807, 2.05) is 25.1 Å². The Balaban J connectivity index is 1.41. The van der Waals surface area contributed by atoms with Gasteiger partial charge in [0.2, 0.25) is 5.91 Å². The van der Waals surface area contributed by atoms with E-state index in [1.165, 1.54) is 10.6 Å². The normalized spacial score (nSPS) is 25.9. The number of carbonyl (C=O) groups excluding carboxylic acids is 2. The molecule has 2 aliphatic heterocycles. The molecule has 2 saturated heterocycles. The number of fused-ring (bicyclic) bond motifs is 2. The zero-order valence-corrected chi connectivity index (χ0v) is 17.5. The maximum absolute atomic E-state index is 13.3. The van der Waals surface area contributed by atoms with Crippen LogP contribution in [0.3, 0.4) is 0 Å². The lowest BCUT2D eigenvalue weighted by Gasteiger charge is -2.32. The molecule has 0 bridgehead atoms. The average molecular weight is 409 g/mol. The number of hydrogen-bond acceptors (Lipinski definition) is 5. The summed E-state index contributed by atoms with van der Waals surface area (Å²) in [7, 11) is 4.06. The van der Waals surface area contributed by atoms with Gasteiger partial charge < -0.3 is 14.7 Å². The molecule has 0 unspecified atom stereocenters. The lowest BCUT2D eigenvalue weighted by Crippen LogP contribution is -2.44. The Labute approximate surface area is 175 Å². The SMILES string of the molecule is CN(C)C[C@]12CN(C(=O)c3cnc4ccccn4c3=O)C[C@H]1CN(C(=O)C1CC1)C2. The fourth-order valence-corrected chi connectivity index (χ4v) is 5.29. The topological polar surface area (TPSA) is 78.2 Å².